The van der Waals surface area contributed by atoms with Gasteiger partial charge in [0.25, 0.3) is 0 Å². The predicted octanol–water partition coefficient (Wildman–Crippen LogP) is 3.52. The van der Waals surface area contributed by atoms with E-state index >= 15 is 0 Å². The maximum absolute atomic E-state index is 5.99. The molecule has 4 heteroatoms. The largest absolute Gasteiger partial charge is 0.488 e. The van der Waals surface area contributed by atoms with E-state index in [4.69, 9.17) is 16.3 Å². The van der Waals surface area contributed by atoms with E-state index in [0.717, 1.165) is 35.2 Å². The van der Waals surface area contributed by atoms with E-state index in [9.17, 15) is 0 Å². The molecule has 17 heavy (non-hydrogen) atoms. The molecule has 0 N–H and O–H groups in total. The highest BCUT2D eigenvalue weighted by atomic mass is 35.5. The first-order valence-electron chi connectivity index (χ1n) is 5.82. The van der Waals surface area contributed by atoms with Crippen LogP contribution in [0.4, 0.5) is 0 Å². The Morgan fingerprint density at radius 1 is 1.35 bits per heavy atom. The fourth-order valence-electron chi connectivity index (χ4n) is 1.98. The predicted molar refractivity (Wildman–Crippen MR) is 67.6 cm³/mol. The summed E-state index contributed by atoms with van der Waals surface area (Å²) < 4.78 is 5.91. The van der Waals surface area contributed by atoms with E-state index in [1.54, 1.807) is 6.20 Å². The lowest BCUT2D eigenvalue weighted by molar-refractivity contribution is 0.122. The number of pyridine rings is 2. The molecule has 1 saturated carbocycles. The SMILES string of the molecule is Cc1cc(Cl)nc2c(OC3CCC3)ccnc12. The first kappa shape index (κ1) is 10.8. The fraction of sp³-hybridized carbons (Fsp3) is 0.385. The Bertz CT molecular complexity index is 567. The van der Waals surface area contributed by atoms with Crippen molar-refractivity contribution in [1.82, 2.24) is 9.97 Å². The first-order chi connectivity index (χ1) is 8.24. The molecular formula is C13H13ClN2O. The molecule has 0 aliphatic heterocycles. The molecular weight excluding hydrogens is 236 g/mol. The summed E-state index contributed by atoms with van der Waals surface area (Å²) in [6.07, 6.45) is 5.61. The molecule has 0 saturated heterocycles. The summed E-state index contributed by atoms with van der Waals surface area (Å²) in [7, 11) is 0. The number of ether oxygens (including phenoxy) is 1. The number of aryl methyl sites for hydroxylation is 1. The number of nitrogens with zero attached hydrogens (tertiary/aromatic N) is 2. The zero-order valence-corrected chi connectivity index (χ0v) is 10.4. The number of rotatable bonds is 2. The molecule has 2 aromatic heterocycles. The highest BCUT2D eigenvalue weighted by molar-refractivity contribution is 6.29. The van der Waals surface area contributed by atoms with Gasteiger partial charge in [0.2, 0.25) is 0 Å². The molecule has 1 fully saturated rings. The van der Waals surface area contributed by atoms with Crippen LogP contribution in [0.25, 0.3) is 11.0 Å². The van der Waals surface area contributed by atoms with E-state index in [0.29, 0.717) is 11.3 Å². The van der Waals surface area contributed by atoms with E-state index in [1.807, 2.05) is 19.1 Å². The second-order valence-electron chi connectivity index (χ2n) is 4.44. The molecule has 1 aliphatic rings. The van der Waals surface area contributed by atoms with Crippen molar-refractivity contribution in [1.29, 1.82) is 0 Å². The van der Waals surface area contributed by atoms with E-state index < -0.39 is 0 Å². The van der Waals surface area contributed by atoms with Crippen molar-refractivity contribution in [3.8, 4) is 5.75 Å². The third-order valence-electron chi connectivity index (χ3n) is 3.16. The van der Waals surface area contributed by atoms with Crippen LogP contribution in [-0.4, -0.2) is 16.1 Å². The molecule has 2 heterocycles. The van der Waals surface area contributed by atoms with Crippen molar-refractivity contribution in [2.75, 3.05) is 0 Å². The van der Waals surface area contributed by atoms with Crippen molar-refractivity contribution in [3.63, 3.8) is 0 Å². The third-order valence-corrected chi connectivity index (χ3v) is 3.35. The Morgan fingerprint density at radius 2 is 2.18 bits per heavy atom. The normalized spacial score (nSPS) is 15.9. The minimum atomic E-state index is 0.335. The minimum Gasteiger partial charge on any atom is -0.488 e. The Kier molecular flexibility index (Phi) is 2.63. The molecule has 0 amide bonds. The molecule has 1 aliphatic carbocycles. The van der Waals surface area contributed by atoms with Crippen LogP contribution in [0, 0.1) is 6.92 Å². The van der Waals surface area contributed by atoms with Gasteiger partial charge in [0.05, 0.1) is 11.6 Å². The molecule has 3 rings (SSSR count). The zero-order chi connectivity index (χ0) is 11.8. The number of aromatic nitrogens is 2. The van der Waals surface area contributed by atoms with Gasteiger partial charge in [-0.05, 0) is 37.8 Å². The van der Waals surface area contributed by atoms with Crippen molar-refractivity contribution < 1.29 is 4.74 Å². The molecule has 0 unspecified atom stereocenters. The van der Waals surface area contributed by atoms with Gasteiger partial charge in [0.1, 0.15) is 16.4 Å². The molecule has 0 aromatic carbocycles. The topological polar surface area (TPSA) is 35.0 Å². The second-order valence-corrected chi connectivity index (χ2v) is 4.83. The van der Waals surface area contributed by atoms with Crippen LogP contribution >= 0.6 is 11.6 Å². The molecule has 0 spiro atoms. The van der Waals surface area contributed by atoms with Gasteiger partial charge in [0, 0.05) is 12.3 Å². The number of halogens is 1. The van der Waals surface area contributed by atoms with Crippen molar-refractivity contribution in [3.05, 3.63) is 29.0 Å². The second kappa shape index (κ2) is 4.15. The Morgan fingerprint density at radius 3 is 2.88 bits per heavy atom. The van der Waals surface area contributed by atoms with Crippen molar-refractivity contribution in [2.24, 2.45) is 0 Å². The summed E-state index contributed by atoms with van der Waals surface area (Å²) in [4.78, 5) is 8.66. The number of hydrogen-bond donors (Lipinski definition) is 0. The average molecular weight is 249 g/mol. The van der Waals surface area contributed by atoms with Crippen LogP contribution in [-0.2, 0) is 0 Å². The first-order valence-corrected chi connectivity index (χ1v) is 6.20. The zero-order valence-electron chi connectivity index (χ0n) is 9.61. The summed E-state index contributed by atoms with van der Waals surface area (Å²) >= 11 is 5.99. The van der Waals surface area contributed by atoms with Gasteiger partial charge in [-0.3, -0.25) is 4.98 Å². The molecule has 0 atom stereocenters. The van der Waals surface area contributed by atoms with E-state index in [2.05, 4.69) is 9.97 Å². The summed E-state index contributed by atoms with van der Waals surface area (Å²) in [5, 5.41) is 0.487. The monoisotopic (exact) mass is 248 g/mol. The van der Waals surface area contributed by atoms with Gasteiger partial charge in [-0.2, -0.15) is 0 Å². The molecule has 0 radical (unpaired) electrons. The van der Waals surface area contributed by atoms with Crippen LogP contribution in [0.5, 0.6) is 5.75 Å². The van der Waals surface area contributed by atoms with Crippen LogP contribution < -0.4 is 4.74 Å². The molecule has 2 aromatic rings. The smallest absolute Gasteiger partial charge is 0.149 e. The van der Waals surface area contributed by atoms with Crippen molar-refractivity contribution in [2.45, 2.75) is 32.3 Å². The van der Waals surface area contributed by atoms with E-state index in [1.165, 1.54) is 6.42 Å². The van der Waals surface area contributed by atoms with Crippen LogP contribution in [0.1, 0.15) is 24.8 Å². The highest BCUT2D eigenvalue weighted by Crippen LogP contribution is 2.30. The van der Waals surface area contributed by atoms with Gasteiger partial charge in [0.15, 0.2) is 0 Å². The molecule has 88 valence electrons. The lowest BCUT2D eigenvalue weighted by atomic mass is 9.96. The van der Waals surface area contributed by atoms with Gasteiger partial charge in [-0.1, -0.05) is 11.6 Å². The Balaban J connectivity index is 2.10. The summed E-state index contributed by atoms with van der Waals surface area (Å²) in [5.74, 6) is 0.797. The minimum absolute atomic E-state index is 0.335. The molecule has 3 nitrogen and oxygen atoms in total. The number of hydrogen-bond acceptors (Lipinski definition) is 3. The lowest BCUT2D eigenvalue weighted by Crippen LogP contribution is -2.24. The fourth-order valence-corrected chi connectivity index (χ4v) is 2.23. The highest BCUT2D eigenvalue weighted by Gasteiger charge is 2.20. The summed E-state index contributed by atoms with van der Waals surface area (Å²) in [5.41, 5.74) is 2.66. The van der Waals surface area contributed by atoms with Gasteiger partial charge < -0.3 is 4.74 Å². The Hall–Kier alpha value is -1.35. The van der Waals surface area contributed by atoms with Crippen LogP contribution in [0.3, 0.4) is 0 Å². The number of fused-ring (bicyclic) bond motifs is 1. The quantitative estimate of drug-likeness (QED) is 0.763. The van der Waals surface area contributed by atoms with Gasteiger partial charge in [-0.25, -0.2) is 4.98 Å². The van der Waals surface area contributed by atoms with Crippen molar-refractivity contribution >= 4 is 22.6 Å². The lowest BCUT2D eigenvalue weighted by Gasteiger charge is -2.26. The summed E-state index contributed by atoms with van der Waals surface area (Å²) in [6.45, 7) is 1.98. The summed E-state index contributed by atoms with van der Waals surface area (Å²) in [6, 6.07) is 3.69. The Labute approximate surface area is 105 Å². The van der Waals surface area contributed by atoms with Crippen LogP contribution in [0.15, 0.2) is 18.3 Å². The standard InChI is InChI=1S/C13H13ClN2O/c1-8-7-11(14)16-13-10(5-6-15-12(8)13)17-9-3-2-4-9/h5-7,9H,2-4H2,1H3. The van der Waals surface area contributed by atoms with Crippen LogP contribution in [0.2, 0.25) is 5.15 Å². The molecule has 0 bridgehead atoms. The third kappa shape index (κ3) is 1.95. The maximum atomic E-state index is 5.99. The van der Waals surface area contributed by atoms with Gasteiger partial charge in [-0.15, -0.1) is 0 Å². The van der Waals surface area contributed by atoms with E-state index in [-0.39, 0.29) is 0 Å². The maximum Gasteiger partial charge on any atom is 0.149 e. The average Bonchev–Trinajstić information content (AvgIpc) is 2.23. The van der Waals surface area contributed by atoms with Gasteiger partial charge >= 0.3 is 0 Å².